The maximum atomic E-state index is 11.4. The Hall–Kier alpha value is 0.220. The molecule has 0 aliphatic carbocycles. The molecule has 1 saturated heterocycles. The molecule has 0 amide bonds. The van der Waals surface area contributed by atoms with E-state index in [1.54, 1.807) is 7.05 Å². The van der Waals surface area contributed by atoms with Gasteiger partial charge in [0.25, 0.3) is 0 Å². The number of rotatable bonds is 6. The van der Waals surface area contributed by atoms with Crippen molar-refractivity contribution in [3.05, 3.63) is 0 Å². The molecule has 1 heterocycles. The Balaban J connectivity index is 2.21. The van der Waals surface area contributed by atoms with Gasteiger partial charge in [0.2, 0.25) is 10.0 Å². The monoisotopic (exact) mass is 238 g/mol. The van der Waals surface area contributed by atoms with Gasteiger partial charge in [-0.05, 0) is 25.6 Å². The van der Waals surface area contributed by atoms with Crippen molar-refractivity contribution in [2.75, 3.05) is 31.6 Å². The van der Waals surface area contributed by atoms with Crippen LogP contribution in [-0.2, 0) is 10.0 Å². The molecular weight excluding hydrogens is 220 g/mol. The molecule has 0 aromatic heterocycles. The molecule has 0 radical (unpaired) electrons. The molecule has 0 spiro atoms. The lowest BCUT2D eigenvalue weighted by molar-refractivity contribution is 0.576. The molecule has 84 valence electrons. The van der Waals surface area contributed by atoms with Crippen LogP contribution in [0.5, 0.6) is 0 Å². The van der Waals surface area contributed by atoms with Gasteiger partial charge in [-0.25, -0.2) is 13.1 Å². The minimum absolute atomic E-state index is 0.168. The molecule has 2 N–H and O–H groups in total. The van der Waals surface area contributed by atoms with E-state index in [2.05, 4.69) is 10.0 Å². The third-order valence-corrected chi connectivity index (χ3v) is 4.92. The normalized spacial score (nSPS) is 22.8. The molecule has 0 aromatic rings. The smallest absolute Gasteiger partial charge is 0.212 e. The molecule has 0 saturated carbocycles. The zero-order valence-corrected chi connectivity index (χ0v) is 10.1. The predicted molar refractivity (Wildman–Crippen MR) is 61.2 cm³/mol. The summed E-state index contributed by atoms with van der Waals surface area (Å²) >= 11 is 1.86. The molecule has 6 heteroatoms. The summed E-state index contributed by atoms with van der Waals surface area (Å²) in [4.78, 5) is 0. The summed E-state index contributed by atoms with van der Waals surface area (Å²) in [6, 6.07) is 0. The summed E-state index contributed by atoms with van der Waals surface area (Å²) in [6.07, 6.45) is 2.35. The average molecular weight is 238 g/mol. The van der Waals surface area contributed by atoms with Gasteiger partial charge in [-0.3, -0.25) is 0 Å². The van der Waals surface area contributed by atoms with Crippen LogP contribution in [0.4, 0.5) is 0 Å². The first kappa shape index (κ1) is 12.3. The van der Waals surface area contributed by atoms with Crippen molar-refractivity contribution in [1.29, 1.82) is 0 Å². The van der Waals surface area contributed by atoms with Crippen LogP contribution in [0.25, 0.3) is 0 Å². The summed E-state index contributed by atoms with van der Waals surface area (Å²) in [7, 11) is -1.30. The molecule has 0 aromatic carbocycles. The molecule has 1 atom stereocenters. The van der Waals surface area contributed by atoms with Crippen molar-refractivity contribution in [2.24, 2.45) is 0 Å². The summed E-state index contributed by atoms with van der Waals surface area (Å²) in [5.74, 6) is 1.34. The Morgan fingerprint density at radius 2 is 2.29 bits per heavy atom. The van der Waals surface area contributed by atoms with Crippen LogP contribution in [-0.4, -0.2) is 45.3 Å². The maximum Gasteiger partial charge on any atom is 0.212 e. The number of nitrogens with one attached hydrogen (secondary N) is 2. The molecule has 1 aliphatic heterocycles. The fourth-order valence-electron chi connectivity index (χ4n) is 1.33. The largest absolute Gasteiger partial charge is 0.319 e. The summed E-state index contributed by atoms with van der Waals surface area (Å²) in [6.45, 7) is 1.10. The van der Waals surface area contributed by atoms with E-state index in [-0.39, 0.29) is 5.75 Å². The van der Waals surface area contributed by atoms with Gasteiger partial charge in [-0.15, -0.1) is 0 Å². The van der Waals surface area contributed by atoms with Gasteiger partial charge < -0.3 is 5.32 Å². The van der Waals surface area contributed by atoms with Gasteiger partial charge in [0.05, 0.1) is 5.75 Å². The van der Waals surface area contributed by atoms with Crippen molar-refractivity contribution in [3.8, 4) is 0 Å². The second kappa shape index (κ2) is 5.95. The van der Waals surface area contributed by atoms with Crippen LogP contribution in [0.15, 0.2) is 0 Å². The zero-order chi connectivity index (χ0) is 10.4. The molecule has 1 fully saturated rings. The molecule has 4 nitrogen and oxygen atoms in total. The van der Waals surface area contributed by atoms with Crippen LogP contribution < -0.4 is 10.0 Å². The van der Waals surface area contributed by atoms with Crippen molar-refractivity contribution >= 4 is 21.8 Å². The van der Waals surface area contributed by atoms with Crippen molar-refractivity contribution in [2.45, 2.75) is 18.1 Å². The van der Waals surface area contributed by atoms with E-state index in [9.17, 15) is 8.42 Å². The number of sulfonamides is 1. The van der Waals surface area contributed by atoms with Crippen LogP contribution in [0.2, 0.25) is 0 Å². The van der Waals surface area contributed by atoms with E-state index in [0.29, 0.717) is 18.3 Å². The van der Waals surface area contributed by atoms with Gasteiger partial charge in [-0.2, -0.15) is 11.8 Å². The highest BCUT2D eigenvalue weighted by molar-refractivity contribution is 8.00. The standard InChI is InChI=1S/C8H18N2O2S2/c1-9-4-6-14(11,12)10-7-8-3-2-5-13-8/h8-10H,2-7H2,1H3. The fraction of sp³-hybridized carbons (Fsp3) is 1.00. The van der Waals surface area contributed by atoms with E-state index in [1.807, 2.05) is 11.8 Å². The van der Waals surface area contributed by atoms with Gasteiger partial charge in [-0.1, -0.05) is 0 Å². The minimum Gasteiger partial charge on any atom is -0.319 e. The first-order valence-corrected chi connectivity index (χ1v) is 7.58. The van der Waals surface area contributed by atoms with Crippen molar-refractivity contribution < 1.29 is 8.42 Å². The van der Waals surface area contributed by atoms with E-state index < -0.39 is 10.0 Å². The molecular formula is C8H18N2O2S2. The van der Waals surface area contributed by atoms with Crippen LogP contribution in [0.1, 0.15) is 12.8 Å². The highest BCUT2D eigenvalue weighted by Gasteiger charge is 2.18. The molecule has 1 rings (SSSR count). The highest BCUT2D eigenvalue weighted by atomic mass is 32.2. The van der Waals surface area contributed by atoms with E-state index in [0.717, 1.165) is 6.42 Å². The summed E-state index contributed by atoms with van der Waals surface area (Å²) in [5.41, 5.74) is 0. The maximum absolute atomic E-state index is 11.4. The van der Waals surface area contributed by atoms with Crippen molar-refractivity contribution in [1.82, 2.24) is 10.0 Å². The van der Waals surface area contributed by atoms with E-state index >= 15 is 0 Å². The van der Waals surface area contributed by atoms with Gasteiger partial charge >= 0.3 is 0 Å². The third-order valence-electron chi connectivity index (χ3n) is 2.18. The lowest BCUT2D eigenvalue weighted by atomic mass is 10.2. The lowest BCUT2D eigenvalue weighted by Crippen LogP contribution is -2.34. The molecule has 0 bridgehead atoms. The zero-order valence-electron chi connectivity index (χ0n) is 8.45. The molecule has 1 aliphatic rings. The Labute approximate surface area is 90.3 Å². The number of thioether (sulfide) groups is 1. The number of hydrogen-bond donors (Lipinski definition) is 2. The molecule has 14 heavy (non-hydrogen) atoms. The Kier molecular flexibility index (Phi) is 5.22. The highest BCUT2D eigenvalue weighted by Crippen LogP contribution is 2.25. The van der Waals surface area contributed by atoms with Crippen LogP contribution >= 0.6 is 11.8 Å². The second-order valence-corrected chi connectivity index (χ2v) is 6.74. The van der Waals surface area contributed by atoms with Gasteiger partial charge in [0, 0.05) is 18.3 Å². The van der Waals surface area contributed by atoms with Gasteiger partial charge in [0.1, 0.15) is 0 Å². The quantitative estimate of drug-likeness (QED) is 0.685. The first-order valence-electron chi connectivity index (χ1n) is 4.87. The van der Waals surface area contributed by atoms with Gasteiger partial charge in [0.15, 0.2) is 0 Å². The van der Waals surface area contributed by atoms with Crippen molar-refractivity contribution in [3.63, 3.8) is 0 Å². The first-order chi connectivity index (χ1) is 6.64. The Bertz CT molecular complexity index is 248. The van der Waals surface area contributed by atoms with Crippen LogP contribution in [0.3, 0.4) is 0 Å². The summed E-state index contributed by atoms with van der Waals surface area (Å²) in [5, 5.41) is 3.31. The molecule has 1 unspecified atom stereocenters. The van der Waals surface area contributed by atoms with E-state index in [4.69, 9.17) is 0 Å². The van der Waals surface area contributed by atoms with Crippen LogP contribution in [0, 0.1) is 0 Å². The minimum atomic E-state index is -3.06. The lowest BCUT2D eigenvalue weighted by Gasteiger charge is -2.10. The second-order valence-electron chi connectivity index (χ2n) is 3.41. The SMILES string of the molecule is CNCCS(=O)(=O)NCC1CCCS1. The topological polar surface area (TPSA) is 58.2 Å². The average Bonchev–Trinajstić information content (AvgIpc) is 2.64. The predicted octanol–water partition coefficient (Wildman–Crippen LogP) is 0.0208. The van der Waals surface area contributed by atoms with E-state index in [1.165, 1.54) is 12.2 Å². The third kappa shape index (κ3) is 4.63. The Morgan fingerprint density at radius 1 is 1.50 bits per heavy atom. The Morgan fingerprint density at radius 3 is 2.86 bits per heavy atom. The summed E-state index contributed by atoms with van der Waals surface area (Å²) < 4.78 is 25.4. The fourth-order valence-corrected chi connectivity index (χ4v) is 3.71. The number of hydrogen-bond acceptors (Lipinski definition) is 4.